The Morgan fingerprint density at radius 1 is 1.30 bits per heavy atom. The summed E-state index contributed by atoms with van der Waals surface area (Å²) in [5, 5.41) is 2.08. The smallest absolute Gasteiger partial charge is 0.0463 e. The fourth-order valence-electron chi connectivity index (χ4n) is 3.94. The van der Waals surface area contributed by atoms with Gasteiger partial charge in [-0.3, -0.25) is 4.90 Å². The van der Waals surface area contributed by atoms with Crippen molar-refractivity contribution in [3.63, 3.8) is 0 Å². The molecule has 2 atom stereocenters. The number of hydrogen-bond donors (Lipinski definition) is 1. The molecular formula is C17H19ClN2. The number of rotatable bonds is 1. The van der Waals surface area contributed by atoms with Crippen molar-refractivity contribution >= 4 is 28.1 Å². The lowest BCUT2D eigenvalue weighted by Crippen LogP contribution is -2.34. The third-order valence-corrected chi connectivity index (χ3v) is 5.25. The van der Waals surface area contributed by atoms with Crippen LogP contribution in [0.2, 0.25) is 5.02 Å². The lowest BCUT2D eigenvalue weighted by atomic mass is 9.93. The maximum absolute atomic E-state index is 6.19. The van der Waals surface area contributed by atoms with E-state index in [4.69, 9.17) is 11.6 Å². The topological polar surface area (TPSA) is 19.0 Å². The van der Waals surface area contributed by atoms with Crippen LogP contribution in [0.25, 0.3) is 16.5 Å². The van der Waals surface area contributed by atoms with Gasteiger partial charge in [0.1, 0.15) is 0 Å². The number of H-pyrrole nitrogens is 1. The van der Waals surface area contributed by atoms with Gasteiger partial charge in [0, 0.05) is 39.3 Å². The molecule has 20 heavy (non-hydrogen) atoms. The first kappa shape index (κ1) is 12.5. The minimum absolute atomic E-state index is 0.618. The van der Waals surface area contributed by atoms with Crippen LogP contribution < -0.4 is 0 Å². The number of halogens is 1. The molecule has 0 spiro atoms. The number of nitrogens with zero attached hydrogens (tertiary/aromatic N) is 1. The maximum Gasteiger partial charge on any atom is 0.0463 e. The minimum Gasteiger partial charge on any atom is -0.358 e. The Labute approximate surface area is 124 Å². The van der Waals surface area contributed by atoms with Crippen molar-refractivity contribution in [1.82, 2.24) is 9.88 Å². The van der Waals surface area contributed by atoms with Crippen molar-refractivity contribution in [1.29, 1.82) is 0 Å². The average molecular weight is 287 g/mol. The molecule has 0 amide bonds. The van der Waals surface area contributed by atoms with Gasteiger partial charge < -0.3 is 4.98 Å². The molecule has 0 saturated carbocycles. The number of nitrogens with one attached hydrogen (secondary N) is 1. The summed E-state index contributed by atoms with van der Waals surface area (Å²) in [7, 11) is 2.26. The highest BCUT2D eigenvalue weighted by atomic mass is 35.5. The van der Waals surface area contributed by atoms with Gasteiger partial charge in [-0.05, 0) is 57.0 Å². The number of likely N-dealkylation sites (N-methyl/N-ethyl adjacent to an activating group) is 1. The second-order valence-electron chi connectivity index (χ2n) is 6.17. The molecule has 2 aromatic rings. The van der Waals surface area contributed by atoms with Crippen molar-refractivity contribution in [3.05, 3.63) is 40.6 Å². The number of aromatic nitrogens is 1. The molecule has 1 N–H and O–H groups in total. The van der Waals surface area contributed by atoms with Gasteiger partial charge in [0.2, 0.25) is 0 Å². The molecule has 4 rings (SSSR count). The molecule has 2 aliphatic rings. The van der Waals surface area contributed by atoms with E-state index in [0.29, 0.717) is 12.1 Å². The molecule has 104 valence electrons. The van der Waals surface area contributed by atoms with Gasteiger partial charge in [-0.1, -0.05) is 17.7 Å². The molecule has 3 heteroatoms. The molecular weight excluding hydrogens is 268 g/mol. The highest BCUT2D eigenvalue weighted by Crippen LogP contribution is 2.40. The second kappa shape index (κ2) is 4.37. The van der Waals surface area contributed by atoms with Crippen molar-refractivity contribution in [3.8, 4) is 0 Å². The Hall–Kier alpha value is -1.25. The first-order chi connectivity index (χ1) is 9.63. The van der Waals surface area contributed by atoms with Crippen LogP contribution >= 0.6 is 11.6 Å². The number of fused-ring (bicyclic) bond motifs is 3. The number of aryl methyl sites for hydroxylation is 1. The highest BCUT2D eigenvalue weighted by molar-refractivity contribution is 6.31. The van der Waals surface area contributed by atoms with Gasteiger partial charge >= 0.3 is 0 Å². The summed E-state index contributed by atoms with van der Waals surface area (Å²) in [4.78, 5) is 6.03. The van der Waals surface area contributed by atoms with Crippen LogP contribution in [0.5, 0.6) is 0 Å². The quantitative estimate of drug-likeness (QED) is 0.824. The second-order valence-corrected chi connectivity index (χ2v) is 6.61. The molecule has 1 saturated heterocycles. The molecule has 1 aromatic carbocycles. The summed E-state index contributed by atoms with van der Waals surface area (Å²) in [6.45, 7) is 2.17. The Bertz CT molecular complexity index is 713. The Kier molecular flexibility index (Phi) is 2.73. The monoisotopic (exact) mass is 286 g/mol. The fourth-order valence-corrected chi connectivity index (χ4v) is 4.11. The first-order valence-electron chi connectivity index (χ1n) is 7.34. The third-order valence-electron chi connectivity index (χ3n) is 5.01. The largest absolute Gasteiger partial charge is 0.358 e. The Morgan fingerprint density at radius 3 is 2.95 bits per heavy atom. The molecule has 1 aromatic heterocycles. The van der Waals surface area contributed by atoms with Gasteiger partial charge in [0.25, 0.3) is 0 Å². The van der Waals surface area contributed by atoms with Crippen LogP contribution in [0.15, 0.2) is 24.3 Å². The first-order valence-corrected chi connectivity index (χ1v) is 7.72. The van der Waals surface area contributed by atoms with Gasteiger partial charge in [-0.25, -0.2) is 0 Å². The highest BCUT2D eigenvalue weighted by Gasteiger charge is 2.34. The van der Waals surface area contributed by atoms with Crippen LogP contribution in [-0.2, 0) is 0 Å². The summed E-state index contributed by atoms with van der Waals surface area (Å²) in [6, 6.07) is 7.46. The third kappa shape index (κ3) is 1.75. The lowest BCUT2D eigenvalue weighted by molar-refractivity contribution is 0.264. The van der Waals surface area contributed by atoms with Gasteiger partial charge in [-0.15, -0.1) is 0 Å². The molecule has 1 fully saturated rings. The molecule has 2 aliphatic heterocycles. The van der Waals surface area contributed by atoms with E-state index < -0.39 is 0 Å². The minimum atomic E-state index is 0.618. The van der Waals surface area contributed by atoms with Crippen molar-refractivity contribution in [2.45, 2.75) is 38.3 Å². The standard InChI is InChI=1S/C17H19ClN2/c1-10-17(15-9-12(18)3-6-16(15)19-10)11-7-13-4-5-14(8-11)20(13)2/h3,6-7,9,13-14,19H,4-5,8H2,1-2H3/t13-,14-/m1/s1. The number of benzene rings is 1. The summed E-state index contributed by atoms with van der Waals surface area (Å²) >= 11 is 6.19. The van der Waals surface area contributed by atoms with Crippen molar-refractivity contribution in [2.75, 3.05) is 7.05 Å². The van der Waals surface area contributed by atoms with Gasteiger partial charge in [0.05, 0.1) is 0 Å². The number of hydrogen-bond acceptors (Lipinski definition) is 1. The van der Waals surface area contributed by atoms with E-state index in [1.165, 1.54) is 40.6 Å². The predicted molar refractivity (Wildman–Crippen MR) is 85.2 cm³/mol. The zero-order valence-corrected chi connectivity index (χ0v) is 12.7. The summed E-state index contributed by atoms with van der Waals surface area (Å²) in [5.41, 5.74) is 5.33. The van der Waals surface area contributed by atoms with Gasteiger partial charge in [-0.2, -0.15) is 0 Å². The predicted octanol–water partition coefficient (Wildman–Crippen LogP) is 4.38. The van der Waals surface area contributed by atoms with Gasteiger partial charge in [0.15, 0.2) is 0 Å². The van der Waals surface area contributed by atoms with E-state index in [2.05, 4.69) is 42.1 Å². The van der Waals surface area contributed by atoms with Crippen LogP contribution in [-0.4, -0.2) is 29.0 Å². The molecule has 0 aliphatic carbocycles. The van der Waals surface area contributed by atoms with Crippen molar-refractivity contribution in [2.24, 2.45) is 0 Å². The number of aromatic amines is 1. The summed E-state index contributed by atoms with van der Waals surface area (Å²) in [5.74, 6) is 0. The summed E-state index contributed by atoms with van der Waals surface area (Å²) in [6.07, 6.45) is 6.25. The molecule has 3 heterocycles. The maximum atomic E-state index is 6.19. The van der Waals surface area contributed by atoms with E-state index >= 15 is 0 Å². The van der Waals surface area contributed by atoms with Crippen LogP contribution in [0.1, 0.15) is 30.5 Å². The Balaban J connectivity index is 1.89. The lowest BCUT2D eigenvalue weighted by Gasteiger charge is -2.30. The molecule has 0 radical (unpaired) electrons. The van der Waals surface area contributed by atoms with E-state index in [9.17, 15) is 0 Å². The fraction of sp³-hybridized carbons (Fsp3) is 0.412. The van der Waals surface area contributed by atoms with Crippen LogP contribution in [0, 0.1) is 6.92 Å². The van der Waals surface area contributed by atoms with Crippen LogP contribution in [0.3, 0.4) is 0 Å². The zero-order valence-electron chi connectivity index (χ0n) is 11.9. The SMILES string of the molecule is Cc1[nH]c2ccc(Cl)cc2c1C1=C[C@H]2CC[C@H](C1)N2C. The normalized spacial score (nSPS) is 26.2. The van der Waals surface area contributed by atoms with Crippen LogP contribution in [0.4, 0.5) is 0 Å². The summed E-state index contributed by atoms with van der Waals surface area (Å²) < 4.78 is 0. The Morgan fingerprint density at radius 2 is 2.15 bits per heavy atom. The molecule has 2 bridgehead atoms. The van der Waals surface area contributed by atoms with E-state index in [1.54, 1.807) is 0 Å². The van der Waals surface area contributed by atoms with E-state index in [0.717, 1.165) is 11.4 Å². The molecule has 0 unspecified atom stereocenters. The van der Waals surface area contributed by atoms with Crippen molar-refractivity contribution < 1.29 is 0 Å². The van der Waals surface area contributed by atoms with E-state index in [-0.39, 0.29) is 0 Å². The van der Waals surface area contributed by atoms with E-state index in [1.807, 2.05) is 6.07 Å². The zero-order chi connectivity index (χ0) is 13.9. The average Bonchev–Trinajstić information content (AvgIpc) is 2.82. The molecule has 2 nitrogen and oxygen atoms in total.